The molecule has 1 saturated carbocycles. The summed E-state index contributed by atoms with van der Waals surface area (Å²) in [5.74, 6) is 0.663. The van der Waals surface area contributed by atoms with E-state index >= 15 is 0 Å². The number of para-hydroxylation sites is 2. The third-order valence-electron chi connectivity index (χ3n) is 4.23. The Morgan fingerprint density at radius 1 is 1.30 bits per heavy atom. The van der Waals surface area contributed by atoms with Crippen molar-refractivity contribution in [2.75, 3.05) is 11.9 Å². The Hall–Kier alpha value is -2.19. The number of nitrogens with zero attached hydrogens (tertiary/aromatic N) is 1. The highest BCUT2D eigenvalue weighted by atomic mass is 16.6. The maximum absolute atomic E-state index is 11.9. The number of hydrazine groups is 1. The maximum Gasteiger partial charge on any atom is 0.292 e. The predicted molar refractivity (Wildman–Crippen MR) is 85.5 cm³/mol. The number of hydrogen-bond acceptors (Lipinski definition) is 6. The summed E-state index contributed by atoms with van der Waals surface area (Å²) < 4.78 is 0. The second-order valence-electron chi connectivity index (χ2n) is 6.04. The zero-order chi connectivity index (χ0) is 16.2. The van der Waals surface area contributed by atoms with Crippen LogP contribution in [0.25, 0.3) is 0 Å². The minimum atomic E-state index is -0.436. The van der Waals surface area contributed by atoms with Crippen LogP contribution >= 0.6 is 0 Å². The Kier molecular flexibility index (Phi) is 4.73. The number of benzene rings is 1. The van der Waals surface area contributed by atoms with E-state index in [0.29, 0.717) is 18.3 Å². The van der Waals surface area contributed by atoms with Crippen molar-refractivity contribution in [3.05, 3.63) is 34.4 Å². The molecule has 2 fully saturated rings. The fourth-order valence-corrected chi connectivity index (χ4v) is 2.84. The van der Waals surface area contributed by atoms with E-state index in [4.69, 9.17) is 0 Å². The van der Waals surface area contributed by atoms with Gasteiger partial charge in [0.15, 0.2) is 0 Å². The number of carbonyl (C=O) groups is 1. The van der Waals surface area contributed by atoms with Crippen LogP contribution in [0.1, 0.15) is 25.7 Å². The molecule has 1 aliphatic carbocycles. The highest BCUT2D eigenvalue weighted by molar-refractivity contribution is 5.77. The van der Waals surface area contributed by atoms with Gasteiger partial charge in [-0.2, -0.15) is 0 Å². The molecule has 1 heterocycles. The van der Waals surface area contributed by atoms with Crippen molar-refractivity contribution in [2.45, 2.75) is 37.9 Å². The lowest BCUT2D eigenvalue weighted by molar-refractivity contribution is -0.384. The number of hydrogen-bond donors (Lipinski definition) is 4. The van der Waals surface area contributed by atoms with E-state index in [-0.39, 0.29) is 24.2 Å². The summed E-state index contributed by atoms with van der Waals surface area (Å²) in [6.07, 6.45) is 3.64. The van der Waals surface area contributed by atoms with Gasteiger partial charge in [-0.15, -0.1) is 0 Å². The van der Waals surface area contributed by atoms with Crippen LogP contribution in [0.15, 0.2) is 24.3 Å². The summed E-state index contributed by atoms with van der Waals surface area (Å²) in [5.41, 5.74) is 6.77. The van der Waals surface area contributed by atoms with Crippen LogP contribution in [0, 0.1) is 16.0 Å². The Bertz CT molecular complexity index is 590. The van der Waals surface area contributed by atoms with Gasteiger partial charge in [-0.05, 0) is 31.2 Å². The van der Waals surface area contributed by atoms with Crippen molar-refractivity contribution < 1.29 is 9.72 Å². The molecule has 0 spiro atoms. The second-order valence-corrected chi connectivity index (χ2v) is 6.04. The van der Waals surface area contributed by atoms with E-state index < -0.39 is 4.92 Å². The molecule has 8 heteroatoms. The summed E-state index contributed by atoms with van der Waals surface area (Å²) in [7, 11) is 0. The first-order valence-electron chi connectivity index (χ1n) is 7.91. The van der Waals surface area contributed by atoms with Crippen LogP contribution < -0.4 is 21.5 Å². The van der Waals surface area contributed by atoms with Crippen molar-refractivity contribution >= 4 is 17.3 Å². The Labute approximate surface area is 134 Å². The molecule has 0 bridgehead atoms. The van der Waals surface area contributed by atoms with E-state index in [1.54, 1.807) is 18.2 Å². The molecular weight excluding hydrogens is 298 g/mol. The maximum atomic E-state index is 11.9. The van der Waals surface area contributed by atoms with Crippen molar-refractivity contribution in [2.24, 2.45) is 5.92 Å². The van der Waals surface area contributed by atoms with Crippen molar-refractivity contribution in [3.63, 3.8) is 0 Å². The molecule has 124 valence electrons. The van der Waals surface area contributed by atoms with Gasteiger partial charge in [0.2, 0.25) is 5.91 Å². The SMILES string of the molecule is O=C(CCNc1ccccc1[N+](=O)[O-])NC1CC(C2CC2)NN1. The fourth-order valence-electron chi connectivity index (χ4n) is 2.84. The van der Waals surface area contributed by atoms with Gasteiger partial charge < -0.3 is 10.6 Å². The molecular formula is C15H21N5O3. The van der Waals surface area contributed by atoms with E-state index in [1.807, 2.05) is 0 Å². The summed E-state index contributed by atoms with van der Waals surface area (Å²) in [6, 6.07) is 6.87. The third kappa shape index (κ3) is 4.17. The monoisotopic (exact) mass is 319 g/mol. The van der Waals surface area contributed by atoms with E-state index in [9.17, 15) is 14.9 Å². The molecule has 2 aliphatic rings. The van der Waals surface area contributed by atoms with Crippen LogP contribution in [0.3, 0.4) is 0 Å². The Morgan fingerprint density at radius 2 is 2.09 bits per heavy atom. The lowest BCUT2D eigenvalue weighted by atomic mass is 10.1. The third-order valence-corrected chi connectivity index (χ3v) is 4.23. The van der Waals surface area contributed by atoms with Gasteiger partial charge in [-0.25, -0.2) is 5.43 Å². The summed E-state index contributed by atoms with van der Waals surface area (Å²) >= 11 is 0. The zero-order valence-corrected chi connectivity index (χ0v) is 12.7. The lowest BCUT2D eigenvalue weighted by Gasteiger charge is -2.12. The zero-order valence-electron chi connectivity index (χ0n) is 12.7. The number of rotatable bonds is 7. The van der Waals surface area contributed by atoms with Crippen LogP contribution in [0.4, 0.5) is 11.4 Å². The molecule has 4 N–H and O–H groups in total. The minimum absolute atomic E-state index is 0.0156. The predicted octanol–water partition coefficient (Wildman–Crippen LogP) is 1.12. The largest absolute Gasteiger partial charge is 0.379 e. The molecule has 1 saturated heterocycles. The molecule has 1 aromatic rings. The highest BCUT2D eigenvalue weighted by Gasteiger charge is 2.36. The van der Waals surface area contributed by atoms with Crippen LogP contribution in [-0.2, 0) is 4.79 Å². The fraction of sp³-hybridized carbons (Fsp3) is 0.533. The molecule has 2 atom stereocenters. The first-order chi connectivity index (χ1) is 11.1. The Morgan fingerprint density at radius 3 is 2.83 bits per heavy atom. The molecule has 1 aliphatic heterocycles. The molecule has 1 aromatic carbocycles. The average molecular weight is 319 g/mol. The number of nitrogens with one attached hydrogen (secondary N) is 4. The second kappa shape index (κ2) is 6.93. The average Bonchev–Trinajstić information content (AvgIpc) is 3.28. The van der Waals surface area contributed by atoms with Crippen LogP contribution in [0.2, 0.25) is 0 Å². The summed E-state index contributed by atoms with van der Waals surface area (Å²) in [6.45, 7) is 0.350. The van der Waals surface area contributed by atoms with Gasteiger partial charge in [0.25, 0.3) is 5.69 Å². The molecule has 0 radical (unpaired) electrons. The van der Waals surface area contributed by atoms with Crippen LogP contribution in [-0.4, -0.2) is 29.6 Å². The first-order valence-corrected chi connectivity index (χ1v) is 7.91. The molecule has 8 nitrogen and oxygen atoms in total. The minimum Gasteiger partial charge on any atom is -0.379 e. The number of nitro groups is 1. The standard InChI is InChI=1S/C15H21N5O3/c21-15(17-14-9-12(18-19-14)10-5-6-10)7-8-16-11-3-1-2-4-13(11)20(22)23/h1-4,10,12,14,16,18-19H,5-9H2,(H,17,21). The van der Waals surface area contributed by atoms with Crippen LogP contribution in [0.5, 0.6) is 0 Å². The van der Waals surface area contributed by atoms with Crippen molar-refractivity contribution in [1.82, 2.24) is 16.2 Å². The van der Waals surface area contributed by atoms with Gasteiger partial charge >= 0.3 is 0 Å². The smallest absolute Gasteiger partial charge is 0.292 e. The van der Waals surface area contributed by atoms with Crippen molar-refractivity contribution in [3.8, 4) is 0 Å². The molecule has 23 heavy (non-hydrogen) atoms. The first kappa shape index (κ1) is 15.7. The number of amides is 1. The number of carbonyl (C=O) groups excluding carboxylic acids is 1. The Balaban J connectivity index is 1.40. The van der Waals surface area contributed by atoms with Gasteiger partial charge in [0, 0.05) is 25.1 Å². The van der Waals surface area contributed by atoms with Gasteiger partial charge in [-0.3, -0.25) is 20.3 Å². The highest BCUT2D eigenvalue weighted by Crippen LogP contribution is 2.35. The molecule has 1 amide bonds. The van der Waals surface area contributed by atoms with Gasteiger partial charge in [0.05, 0.1) is 11.1 Å². The molecule has 0 aromatic heterocycles. The van der Waals surface area contributed by atoms with Gasteiger partial charge in [0.1, 0.15) is 5.69 Å². The van der Waals surface area contributed by atoms with E-state index in [0.717, 1.165) is 12.3 Å². The van der Waals surface area contributed by atoms with Crippen molar-refractivity contribution in [1.29, 1.82) is 0 Å². The lowest BCUT2D eigenvalue weighted by Crippen LogP contribution is -2.44. The van der Waals surface area contributed by atoms with Gasteiger partial charge in [-0.1, -0.05) is 12.1 Å². The normalized spacial score (nSPS) is 23.5. The number of nitro benzene ring substituents is 1. The molecule has 2 unspecified atom stereocenters. The quantitative estimate of drug-likeness (QED) is 0.443. The topological polar surface area (TPSA) is 108 Å². The number of anilines is 1. The van der Waals surface area contributed by atoms with E-state index in [2.05, 4.69) is 21.5 Å². The summed E-state index contributed by atoms with van der Waals surface area (Å²) in [4.78, 5) is 22.4. The van der Waals surface area contributed by atoms with E-state index in [1.165, 1.54) is 18.9 Å². The summed E-state index contributed by atoms with van der Waals surface area (Å²) in [5, 5.41) is 16.8. The molecule has 3 rings (SSSR count).